The molecular weight excluding hydrogens is 254 g/mol. The van der Waals surface area contributed by atoms with E-state index in [1.54, 1.807) is 12.1 Å². The van der Waals surface area contributed by atoms with E-state index in [1.165, 1.54) is 18.9 Å². The predicted octanol–water partition coefficient (Wildman–Crippen LogP) is 3.63. The van der Waals surface area contributed by atoms with Crippen molar-refractivity contribution in [3.8, 4) is 6.07 Å². The highest BCUT2D eigenvalue weighted by molar-refractivity contribution is 5.60. The summed E-state index contributed by atoms with van der Waals surface area (Å²) in [6.45, 7) is 3.13. The van der Waals surface area contributed by atoms with Gasteiger partial charge < -0.3 is 4.90 Å². The van der Waals surface area contributed by atoms with Gasteiger partial charge in [0.25, 0.3) is 5.69 Å². The highest BCUT2D eigenvalue weighted by Gasteiger charge is 2.22. The van der Waals surface area contributed by atoms with E-state index in [2.05, 4.69) is 11.8 Å². The Labute approximate surface area is 119 Å². The molecule has 0 N–H and O–H groups in total. The van der Waals surface area contributed by atoms with E-state index in [9.17, 15) is 10.1 Å². The third-order valence-electron chi connectivity index (χ3n) is 3.98. The van der Waals surface area contributed by atoms with Crippen LogP contribution in [0.2, 0.25) is 0 Å². The van der Waals surface area contributed by atoms with Crippen molar-refractivity contribution in [3.63, 3.8) is 0 Å². The molecule has 1 aliphatic rings. The van der Waals surface area contributed by atoms with Gasteiger partial charge in [0.05, 0.1) is 4.92 Å². The Bertz CT molecular complexity index is 536. The first kappa shape index (κ1) is 14.3. The standard InChI is InChI=1S/C15H19N3O2/c1-2-13-6-4-3-5-9-17(13)14-7-8-15(18(19)20)12(10-14)11-16/h7-8,10,13H,2-6,9H2,1H3. The van der Waals surface area contributed by atoms with Crippen molar-refractivity contribution in [1.82, 2.24) is 0 Å². The minimum Gasteiger partial charge on any atom is -0.369 e. The van der Waals surface area contributed by atoms with Crippen molar-refractivity contribution in [2.45, 2.75) is 45.1 Å². The minimum atomic E-state index is -0.498. The average molecular weight is 273 g/mol. The molecule has 1 heterocycles. The molecule has 5 nitrogen and oxygen atoms in total. The number of hydrogen-bond acceptors (Lipinski definition) is 4. The van der Waals surface area contributed by atoms with E-state index in [0.29, 0.717) is 6.04 Å². The summed E-state index contributed by atoms with van der Waals surface area (Å²) in [4.78, 5) is 12.7. The van der Waals surface area contributed by atoms with Crippen molar-refractivity contribution < 1.29 is 4.92 Å². The Balaban J connectivity index is 2.36. The third-order valence-corrected chi connectivity index (χ3v) is 3.98. The smallest absolute Gasteiger partial charge is 0.287 e. The molecule has 0 saturated carbocycles. The number of nitriles is 1. The van der Waals surface area contributed by atoms with Gasteiger partial charge in [-0.3, -0.25) is 10.1 Å². The van der Waals surface area contributed by atoms with Crippen LogP contribution in [0.1, 0.15) is 44.6 Å². The van der Waals surface area contributed by atoms with Crippen LogP contribution < -0.4 is 4.90 Å². The van der Waals surface area contributed by atoms with Crippen molar-refractivity contribution in [2.75, 3.05) is 11.4 Å². The number of nitro benzene ring substituents is 1. The Morgan fingerprint density at radius 1 is 1.45 bits per heavy atom. The largest absolute Gasteiger partial charge is 0.369 e. The molecule has 0 aliphatic carbocycles. The van der Waals surface area contributed by atoms with E-state index < -0.39 is 4.92 Å². The second-order valence-electron chi connectivity index (χ2n) is 5.18. The van der Waals surface area contributed by atoms with Gasteiger partial charge >= 0.3 is 0 Å². The molecule has 1 aliphatic heterocycles. The zero-order valence-electron chi connectivity index (χ0n) is 11.7. The first-order valence-electron chi connectivity index (χ1n) is 7.12. The lowest BCUT2D eigenvalue weighted by atomic mass is 10.1. The van der Waals surface area contributed by atoms with E-state index in [1.807, 2.05) is 6.07 Å². The Kier molecular flexibility index (Phi) is 4.57. The maximum absolute atomic E-state index is 10.9. The average Bonchev–Trinajstić information content (AvgIpc) is 2.71. The summed E-state index contributed by atoms with van der Waals surface area (Å²) in [5.74, 6) is 0. The van der Waals surface area contributed by atoms with Crippen molar-refractivity contribution in [3.05, 3.63) is 33.9 Å². The van der Waals surface area contributed by atoms with E-state index in [0.717, 1.165) is 31.5 Å². The molecule has 1 aromatic rings. The quantitative estimate of drug-likeness (QED) is 0.623. The van der Waals surface area contributed by atoms with Gasteiger partial charge in [-0.2, -0.15) is 5.26 Å². The molecule has 0 radical (unpaired) electrons. The van der Waals surface area contributed by atoms with E-state index in [-0.39, 0.29) is 11.3 Å². The SMILES string of the molecule is CCC1CCCCCN1c1ccc([N+](=O)[O-])c(C#N)c1. The minimum absolute atomic E-state index is 0.112. The summed E-state index contributed by atoms with van der Waals surface area (Å²) in [6.07, 6.45) is 5.79. The first-order valence-corrected chi connectivity index (χ1v) is 7.12. The number of rotatable bonds is 3. The Morgan fingerprint density at radius 2 is 2.25 bits per heavy atom. The van der Waals surface area contributed by atoms with Gasteiger partial charge in [-0.1, -0.05) is 19.8 Å². The van der Waals surface area contributed by atoms with Crippen LogP contribution in [0.3, 0.4) is 0 Å². The highest BCUT2D eigenvalue weighted by atomic mass is 16.6. The van der Waals surface area contributed by atoms with Crippen molar-refractivity contribution in [1.29, 1.82) is 5.26 Å². The second-order valence-corrected chi connectivity index (χ2v) is 5.18. The summed E-state index contributed by atoms with van der Waals surface area (Å²) in [7, 11) is 0. The van der Waals surface area contributed by atoms with E-state index >= 15 is 0 Å². The predicted molar refractivity (Wildman–Crippen MR) is 77.7 cm³/mol. The van der Waals surface area contributed by atoms with Crippen LogP contribution in [-0.2, 0) is 0 Å². The number of anilines is 1. The van der Waals surface area contributed by atoms with Crippen molar-refractivity contribution >= 4 is 11.4 Å². The lowest BCUT2D eigenvalue weighted by Gasteiger charge is -2.31. The molecule has 1 saturated heterocycles. The Hall–Kier alpha value is -2.09. The number of nitro groups is 1. The monoisotopic (exact) mass is 273 g/mol. The summed E-state index contributed by atoms with van der Waals surface area (Å²) in [5.41, 5.74) is 0.964. The number of nitrogens with zero attached hydrogens (tertiary/aromatic N) is 3. The maximum atomic E-state index is 10.9. The molecule has 1 aromatic carbocycles. The molecule has 1 atom stereocenters. The molecule has 0 amide bonds. The second kappa shape index (κ2) is 6.38. The molecular formula is C15H19N3O2. The van der Waals surface area contributed by atoms with Crippen LogP contribution in [0.5, 0.6) is 0 Å². The topological polar surface area (TPSA) is 70.2 Å². The summed E-state index contributed by atoms with van der Waals surface area (Å²) >= 11 is 0. The van der Waals surface area contributed by atoms with Gasteiger partial charge in [0, 0.05) is 24.3 Å². The van der Waals surface area contributed by atoms with Crippen LogP contribution in [0.4, 0.5) is 11.4 Å². The fourth-order valence-electron chi connectivity index (χ4n) is 2.89. The molecule has 2 rings (SSSR count). The fourth-order valence-corrected chi connectivity index (χ4v) is 2.89. The number of benzene rings is 1. The highest BCUT2D eigenvalue weighted by Crippen LogP contribution is 2.29. The summed E-state index contributed by atoms with van der Waals surface area (Å²) in [6, 6.07) is 7.28. The molecule has 1 unspecified atom stereocenters. The molecule has 0 bridgehead atoms. The van der Waals surface area contributed by atoms with Gasteiger partial charge in [0.15, 0.2) is 0 Å². The lowest BCUT2D eigenvalue weighted by molar-refractivity contribution is -0.385. The molecule has 20 heavy (non-hydrogen) atoms. The van der Waals surface area contributed by atoms with Gasteiger partial charge in [-0.15, -0.1) is 0 Å². The lowest BCUT2D eigenvalue weighted by Crippen LogP contribution is -2.34. The van der Waals surface area contributed by atoms with Crippen molar-refractivity contribution in [2.24, 2.45) is 0 Å². The van der Waals surface area contributed by atoms with Gasteiger partial charge in [0.1, 0.15) is 11.6 Å². The summed E-state index contributed by atoms with van der Waals surface area (Å²) in [5, 5.41) is 20.0. The van der Waals surface area contributed by atoms with E-state index in [4.69, 9.17) is 5.26 Å². The van der Waals surface area contributed by atoms with Crippen LogP contribution in [-0.4, -0.2) is 17.5 Å². The third kappa shape index (κ3) is 2.90. The van der Waals surface area contributed by atoms with Crippen LogP contribution in [0, 0.1) is 21.4 Å². The molecule has 0 spiro atoms. The Morgan fingerprint density at radius 3 is 2.90 bits per heavy atom. The van der Waals surface area contributed by atoms with Crippen LogP contribution in [0.15, 0.2) is 18.2 Å². The molecule has 1 fully saturated rings. The zero-order chi connectivity index (χ0) is 14.5. The number of hydrogen-bond donors (Lipinski definition) is 0. The zero-order valence-corrected chi connectivity index (χ0v) is 11.7. The fraction of sp³-hybridized carbons (Fsp3) is 0.533. The van der Waals surface area contributed by atoms with Crippen LogP contribution >= 0.6 is 0 Å². The summed E-state index contributed by atoms with van der Waals surface area (Å²) < 4.78 is 0. The normalized spacial score (nSPS) is 19.2. The molecule has 106 valence electrons. The first-order chi connectivity index (χ1) is 9.67. The van der Waals surface area contributed by atoms with Gasteiger partial charge in [-0.25, -0.2) is 0 Å². The van der Waals surface area contributed by atoms with Gasteiger partial charge in [-0.05, 0) is 31.4 Å². The van der Waals surface area contributed by atoms with Gasteiger partial charge in [0.2, 0.25) is 0 Å². The molecule has 0 aromatic heterocycles. The maximum Gasteiger partial charge on any atom is 0.287 e. The van der Waals surface area contributed by atoms with Crippen LogP contribution in [0.25, 0.3) is 0 Å². The molecule has 5 heteroatoms.